The summed E-state index contributed by atoms with van der Waals surface area (Å²) in [5.74, 6) is 0. The third-order valence-electron chi connectivity index (χ3n) is 3.66. The molecule has 3 N–H and O–H groups in total. The monoisotopic (exact) mass is 249 g/mol. The highest BCUT2D eigenvalue weighted by molar-refractivity contribution is 5.21. The summed E-state index contributed by atoms with van der Waals surface area (Å²) >= 11 is 0. The number of benzene rings is 1. The van der Waals surface area contributed by atoms with Crippen molar-refractivity contribution in [3.05, 3.63) is 35.9 Å². The largest absolute Gasteiger partial charge is 0.388 e. The fourth-order valence-corrected chi connectivity index (χ4v) is 2.37. The van der Waals surface area contributed by atoms with Gasteiger partial charge in [0.25, 0.3) is 0 Å². The zero-order valence-corrected chi connectivity index (χ0v) is 11.7. The van der Waals surface area contributed by atoms with Crippen LogP contribution in [0.2, 0.25) is 0 Å². The number of nitrogens with two attached hydrogens (primary N) is 1. The Morgan fingerprint density at radius 2 is 1.56 bits per heavy atom. The van der Waals surface area contributed by atoms with Gasteiger partial charge in [0.15, 0.2) is 0 Å². The van der Waals surface area contributed by atoms with Crippen LogP contribution in [-0.2, 0) is 0 Å². The first-order valence-corrected chi connectivity index (χ1v) is 7.17. The van der Waals surface area contributed by atoms with Gasteiger partial charge in [0, 0.05) is 0 Å². The van der Waals surface area contributed by atoms with Crippen molar-refractivity contribution in [2.45, 2.75) is 64.0 Å². The van der Waals surface area contributed by atoms with Crippen LogP contribution < -0.4 is 5.73 Å². The van der Waals surface area contributed by atoms with Gasteiger partial charge in [-0.15, -0.1) is 0 Å². The number of aliphatic hydroxyl groups is 1. The molecule has 102 valence electrons. The smallest absolute Gasteiger partial charge is 0.0839 e. The lowest BCUT2D eigenvalue weighted by atomic mass is 9.81. The molecule has 1 rings (SSSR count). The van der Waals surface area contributed by atoms with Crippen LogP contribution >= 0.6 is 0 Å². The van der Waals surface area contributed by atoms with Crippen molar-refractivity contribution in [3.63, 3.8) is 0 Å². The van der Waals surface area contributed by atoms with E-state index in [0.29, 0.717) is 0 Å². The second kappa shape index (κ2) is 7.55. The van der Waals surface area contributed by atoms with Crippen LogP contribution in [0.4, 0.5) is 0 Å². The first-order chi connectivity index (χ1) is 8.64. The minimum absolute atomic E-state index is 0.281. The van der Waals surface area contributed by atoms with E-state index in [4.69, 9.17) is 5.73 Å². The van der Waals surface area contributed by atoms with Crippen molar-refractivity contribution in [3.8, 4) is 0 Å². The van der Waals surface area contributed by atoms with E-state index in [0.717, 1.165) is 44.1 Å². The van der Waals surface area contributed by atoms with E-state index >= 15 is 0 Å². The molecule has 2 heteroatoms. The molecule has 0 saturated heterocycles. The minimum Gasteiger partial charge on any atom is -0.388 e. The Bertz CT molecular complexity index is 315. The molecule has 0 aromatic heterocycles. The Hall–Kier alpha value is -0.860. The van der Waals surface area contributed by atoms with Crippen LogP contribution in [-0.4, -0.2) is 10.7 Å². The lowest BCUT2D eigenvalue weighted by Gasteiger charge is -2.34. The molecule has 1 aromatic rings. The number of rotatable bonds is 8. The molecule has 0 aliphatic rings. The molecule has 18 heavy (non-hydrogen) atoms. The third-order valence-corrected chi connectivity index (χ3v) is 3.66. The minimum atomic E-state index is -0.757. The van der Waals surface area contributed by atoms with Crippen LogP contribution in [0.1, 0.15) is 64.0 Å². The first-order valence-electron chi connectivity index (χ1n) is 7.17. The van der Waals surface area contributed by atoms with Crippen LogP contribution in [0.15, 0.2) is 30.3 Å². The van der Waals surface area contributed by atoms with Crippen molar-refractivity contribution < 1.29 is 5.11 Å². The summed E-state index contributed by atoms with van der Waals surface area (Å²) in [5, 5.41) is 10.9. The van der Waals surface area contributed by atoms with E-state index < -0.39 is 5.60 Å². The first kappa shape index (κ1) is 15.2. The van der Waals surface area contributed by atoms with Gasteiger partial charge in [-0.25, -0.2) is 0 Å². The van der Waals surface area contributed by atoms with Gasteiger partial charge in [0.1, 0.15) is 0 Å². The van der Waals surface area contributed by atoms with Crippen LogP contribution in [0.25, 0.3) is 0 Å². The normalized spacial score (nSPS) is 13.6. The van der Waals surface area contributed by atoms with E-state index in [2.05, 4.69) is 13.8 Å². The molecule has 0 unspecified atom stereocenters. The van der Waals surface area contributed by atoms with Crippen molar-refractivity contribution in [1.82, 2.24) is 0 Å². The van der Waals surface area contributed by atoms with Gasteiger partial charge in [-0.3, -0.25) is 0 Å². The average molecular weight is 249 g/mol. The molecule has 1 aromatic carbocycles. The number of unbranched alkanes of at least 4 members (excludes halogenated alkanes) is 2. The predicted molar refractivity (Wildman–Crippen MR) is 77.4 cm³/mol. The molecule has 0 aliphatic heterocycles. The Morgan fingerprint density at radius 3 is 2.00 bits per heavy atom. The van der Waals surface area contributed by atoms with Crippen molar-refractivity contribution in [2.24, 2.45) is 5.73 Å². The van der Waals surface area contributed by atoms with Crippen LogP contribution in [0.5, 0.6) is 0 Å². The molecular weight excluding hydrogens is 222 g/mol. The van der Waals surface area contributed by atoms with Crippen molar-refractivity contribution in [2.75, 3.05) is 0 Å². The molecule has 0 aliphatic carbocycles. The summed E-state index contributed by atoms with van der Waals surface area (Å²) in [5.41, 5.74) is 6.58. The van der Waals surface area contributed by atoms with Crippen molar-refractivity contribution >= 4 is 0 Å². The van der Waals surface area contributed by atoms with Gasteiger partial charge >= 0.3 is 0 Å². The van der Waals surface area contributed by atoms with Gasteiger partial charge in [0.05, 0.1) is 11.6 Å². The lowest BCUT2D eigenvalue weighted by Crippen LogP contribution is -2.41. The lowest BCUT2D eigenvalue weighted by molar-refractivity contribution is -0.00703. The van der Waals surface area contributed by atoms with Crippen molar-refractivity contribution in [1.29, 1.82) is 0 Å². The fraction of sp³-hybridized carbons (Fsp3) is 0.625. The standard InChI is InChI=1S/C16H27NO/c1-3-5-12-16(18,13-6-4-2)15(17)14-10-8-7-9-11-14/h7-11,15,18H,3-6,12-13,17H2,1-2H3/t15-/m1/s1. The second-order valence-corrected chi connectivity index (χ2v) is 5.20. The Labute approximate surface area is 111 Å². The third kappa shape index (κ3) is 4.11. The molecule has 1 atom stereocenters. The fourth-order valence-electron chi connectivity index (χ4n) is 2.37. The van der Waals surface area contributed by atoms with Crippen LogP contribution in [0.3, 0.4) is 0 Å². The summed E-state index contributed by atoms with van der Waals surface area (Å²) in [6, 6.07) is 9.68. The van der Waals surface area contributed by atoms with Gasteiger partial charge in [0.2, 0.25) is 0 Å². The number of hydrogen-bond acceptors (Lipinski definition) is 2. The molecule has 0 bridgehead atoms. The molecule has 0 radical (unpaired) electrons. The highest BCUT2D eigenvalue weighted by Crippen LogP contribution is 2.33. The van der Waals surface area contributed by atoms with E-state index in [1.807, 2.05) is 30.3 Å². The van der Waals surface area contributed by atoms with Gasteiger partial charge in [-0.05, 0) is 18.4 Å². The maximum Gasteiger partial charge on any atom is 0.0839 e. The van der Waals surface area contributed by atoms with E-state index in [1.165, 1.54) is 0 Å². The molecule has 2 nitrogen and oxygen atoms in total. The quantitative estimate of drug-likeness (QED) is 0.736. The van der Waals surface area contributed by atoms with E-state index in [-0.39, 0.29) is 6.04 Å². The zero-order chi connectivity index (χ0) is 13.4. The topological polar surface area (TPSA) is 46.2 Å². The highest BCUT2D eigenvalue weighted by Gasteiger charge is 2.33. The summed E-state index contributed by atoms with van der Waals surface area (Å²) in [6.45, 7) is 4.29. The van der Waals surface area contributed by atoms with Crippen LogP contribution in [0, 0.1) is 0 Å². The summed E-state index contributed by atoms with van der Waals surface area (Å²) in [7, 11) is 0. The molecule has 0 amide bonds. The van der Waals surface area contributed by atoms with Gasteiger partial charge in [-0.1, -0.05) is 69.9 Å². The highest BCUT2D eigenvalue weighted by atomic mass is 16.3. The van der Waals surface area contributed by atoms with Gasteiger partial charge < -0.3 is 10.8 Å². The maximum absolute atomic E-state index is 10.9. The SMILES string of the molecule is CCCCC(O)(CCCC)[C@H](N)c1ccccc1. The van der Waals surface area contributed by atoms with E-state index in [1.54, 1.807) is 0 Å². The summed E-state index contributed by atoms with van der Waals surface area (Å²) < 4.78 is 0. The van der Waals surface area contributed by atoms with E-state index in [9.17, 15) is 5.11 Å². The molecule has 0 saturated carbocycles. The molecule has 0 spiro atoms. The Balaban J connectivity index is 2.80. The summed E-state index contributed by atoms with van der Waals surface area (Å²) in [4.78, 5) is 0. The zero-order valence-electron chi connectivity index (χ0n) is 11.7. The average Bonchev–Trinajstić information content (AvgIpc) is 2.43. The Kier molecular flexibility index (Phi) is 6.37. The second-order valence-electron chi connectivity index (χ2n) is 5.20. The molecule has 0 fully saturated rings. The maximum atomic E-state index is 10.9. The molecule has 0 heterocycles. The summed E-state index contributed by atoms with van der Waals surface area (Å²) in [6.07, 6.45) is 5.83. The molecular formula is C16H27NO. The Morgan fingerprint density at radius 1 is 1.06 bits per heavy atom. The number of hydrogen-bond donors (Lipinski definition) is 2. The van der Waals surface area contributed by atoms with Gasteiger partial charge in [-0.2, -0.15) is 0 Å². The predicted octanol–water partition coefficient (Wildman–Crippen LogP) is 3.80.